The van der Waals surface area contributed by atoms with E-state index in [0.717, 1.165) is 34.1 Å². The van der Waals surface area contributed by atoms with Gasteiger partial charge in [-0.3, -0.25) is 9.55 Å². The first-order valence-electron chi connectivity index (χ1n) is 8.66. The normalized spacial score (nSPS) is 12.6. The minimum atomic E-state index is -5.59. The number of hydrogen-bond acceptors (Lipinski definition) is 3. The van der Waals surface area contributed by atoms with Gasteiger partial charge in [0.15, 0.2) is 0 Å². The van der Waals surface area contributed by atoms with Crippen LogP contribution in [0.2, 0.25) is 0 Å². The van der Waals surface area contributed by atoms with E-state index in [1.165, 1.54) is 12.1 Å². The highest BCUT2D eigenvalue weighted by Crippen LogP contribution is 2.59. The van der Waals surface area contributed by atoms with Gasteiger partial charge >= 0.3 is 13.3 Å². The molecule has 150 valence electrons. The molecule has 0 amide bonds. The molecule has 9 heteroatoms. The average molecular weight is 418 g/mol. The molecule has 0 radical (unpaired) electrons. The van der Waals surface area contributed by atoms with Crippen LogP contribution < -0.4 is 4.74 Å². The summed E-state index contributed by atoms with van der Waals surface area (Å²) in [5, 5.41) is 0.907. The smallest absolute Gasteiger partial charge is 0.399 e. The Kier molecular flexibility index (Phi) is 4.65. The lowest BCUT2D eigenvalue weighted by Crippen LogP contribution is -2.13. The number of ether oxygens (including phenoxy) is 1. The summed E-state index contributed by atoms with van der Waals surface area (Å²) in [5.41, 5.74) is -1.66. The van der Waals surface area contributed by atoms with Crippen molar-refractivity contribution < 1.29 is 27.9 Å². The van der Waals surface area contributed by atoms with Crippen molar-refractivity contribution in [3.63, 3.8) is 0 Å². The highest BCUT2D eigenvalue weighted by atomic mass is 31.2. The molecular formula is C20H17F2N2O4P. The van der Waals surface area contributed by atoms with Gasteiger partial charge in [0.2, 0.25) is 0 Å². The molecule has 4 rings (SSSR count). The third-order valence-corrected chi connectivity index (χ3v) is 5.82. The summed E-state index contributed by atoms with van der Waals surface area (Å²) < 4.78 is 46.1. The fraction of sp³-hybridized carbons (Fsp3) is 0.150. The summed E-state index contributed by atoms with van der Waals surface area (Å²) >= 11 is 0. The molecule has 0 saturated heterocycles. The number of nitrogens with zero attached hydrogens (tertiary/aromatic N) is 2. The number of methoxy groups -OCH3 is 1. The maximum atomic E-state index is 13.9. The van der Waals surface area contributed by atoms with Crippen molar-refractivity contribution in [2.24, 2.45) is 0 Å². The van der Waals surface area contributed by atoms with Gasteiger partial charge in [-0.25, -0.2) is 0 Å². The van der Waals surface area contributed by atoms with Gasteiger partial charge in [0.1, 0.15) is 5.75 Å². The van der Waals surface area contributed by atoms with Crippen LogP contribution >= 0.6 is 7.60 Å². The van der Waals surface area contributed by atoms with Crippen molar-refractivity contribution in [2.75, 3.05) is 7.11 Å². The fourth-order valence-corrected chi connectivity index (χ4v) is 3.84. The molecule has 0 aliphatic rings. The number of fused-ring (bicyclic) bond motifs is 3. The molecule has 4 aromatic rings. The topological polar surface area (TPSA) is 84.6 Å². The quantitative estimate of drug-likeness (QED) is 0.467. The first kappa shape index (κ1) is 19.5. The van der Waals surface area contributed by atoms with Crippen LogP contribution in [-0.4, -0.2) is 26.4 Å². The second-order valence-electron chi connectivity index (χ2n) is 6.62. The summed E-state index contributed by atoms with van der Waals surface area (Å²) in [5.74, 6) is 0.700. The van der Waals surface area contributed by atoms with Gasteiger partial charge in [-0.2, -0.15) is 8.78 Å². The van der Waals surface area contributed by atoms with E-state index < -0.39 is 18.8 Å². The highest BCUT2D eigenvalue weighted by Gasteiger charge is 2.50. The number of aromatic nitrogens is 2. The lowest BCUT2D eigenvalue weighted by atomic mass is 10.1. The predicted octanol–water partition coefficient (Wildman–Crippen LogP) is 4.47. The summed E-state index contributed by atoms with van der Waals surface area (Å²) in [7, 11) is -4.01. The highest BCUT2D eigenvalue weighted by molar-refractivity contribution is 7.52. The van der Waals surface area contributed by atoms with E-state index in [9.17, 15) is 13.3 Å². The van der Waals surface area contributed by atoms with Crippen LogP contribution in [0.4, 0.5) is 8.78 Å². The number of rotatable bonds is 5. The lowest BCUT2D eigenvalue weighted by Gasteiger charge is -2.18. The van der Waals surface area contributed by atoms with Gasteiger partial charge < -0.3 is 19.1 Å². The van der Waals surface area contributed by atoms with Crippen molar-refractivity contribution in [1.82, 2.24) is 9.55 Å². The van der Waals surface area contributed by atoms with Crippen molar-refractivity contribution >= 4 is 29.5 Å². The third kappa shape index (κ3) is 3.29. The molecule has 0 fully saturated rings. The molecular weight excluding hydrogens is 401 g/mol. The number of pyridine rings is 1. The molecule has 0 aliphatic carbocycles. The van der Waals surface area contributed by atoms with Crippen molar-refractivity contribution in [3.8, 4) is 5.75 Å². The monoisotopic (exact) mass is 418 g/mol. The average Bonchev–Trinajstić information content (AvgIpc) is 3.01. The van der Waals surface area contributed by atoms with Crippen molar-refractivity contribution in [1.29, 1.82) is 0 Å². The summed E-state index contributed by atoms with van der Waals surface area (Å²) in [6, 6.07) is 14.3. The first-order valence-corrected chi connectivity index (χ1v) is 10.3. The third-order valence-electron chi connectivity index (χ3n) is 4.83. The van der Waals surface area contributed by atoms with E-state index in [1.54, 1.807) is 13.3 Å². The van der Waals surface area contributed by atoms with Crippen LogP contribution in [0.3, 0.4) is 0 Å². The Morgan fingerprint density at radius 2 is 1.83 bits per heavy atom. The summed E-state index contributed by atoms with van der Waals surface area (Å²) in [6.07, 6.45) is 1.70. The molecule has 0 aliphatic heterocycles. The molecule has 29 heavy (non-hydrogen) atoms. The van der Waals surface area contributed by atoms with Gasteiger partial charge in [-0.15, -0.1) is 0 Å². The molecule has 6 nitrogen and oxygen atoms in total. The van der Waals surface area contributed by atoms with Crippen LogP contribution in [-0.2, 0) is 16.8 Å². The lowest BCUT2D eigenvalue weighted by molar-refractivity contribution is 0.0564. The van der Waals surface area contributed by atoms with E-state index in [0.29, 0.717) is 17.9 Å². The van der Waals surface area contributed by atoms with Gasteiger partial charge in [0.05, 0.1) is 23.7 Å². The van der Waals surface area contributed by atoms with Crippen molar-refractivity contribution in [3.05, 3.63) is 71.9 Å². The summed E-state index contributed by atoms with van der Waals surface area (Å²) in [6.45, 7) is 0.375. The zero-order valence-corrected chi connectivity index (χ0v) is 16.2. The summed E-state index contributed by atoms with van der Waals surface area (Å²) in [4.78, 5) is 22.2. The Morgan fingerprint density at radius 1 is 1.10 bits per heavy atom. The minimum absolute atomic E-state index is 0.375. The van der Waals surface area contributed by atoms with Gasteiger partial charge in [0.25, 0.3) is 0 Å². The van der Waals surface area contributed by atoms with Gasteiger partial charge in [-0.1, -0.05) is 24.3 Å². The number of alkyl halides is 2. The molecule has 2 aromatic heterocycles. The first-order chi connectivity index (χ1) is 13.7. The Balaban J connectivity index is 1.77. The maximum absolute atomic E-state index is 13.9. The van der Waals surface area contributed by atoms with E-state index in [4.69, 9.17) is 14.5 Å². The van der Waals surface area contributed by atoms with E-state index in [1.807, 2.05) is 34.9 Å². The molecule has 2 heterocycles. The van der Waals surface area contributed by atoms with Gasteiger partial charge in [0, 0.05) is 23.7 Å². The minimum Gasteiger partial charge on any atom is -0.497 e. The van der Waals surface area contributed by atoms with Crippen LogP contribution in [0, 0.1) is 0 Å². The van der Waals surface area contributed by atoms with E-state index in [-0.39, 0.29) is 0 Å². The zero-order chi connectivity index (χ0) is 20.8. The zero-order valence-electron chi connectivity index (χ0n) is 15.3. The molecule has 2 aromatic carbocycles. The van der Waals surface area contributed by atoms with Gasteiger partial charge in [-0.05, 0) is 35.9 Å². The van der Waals surface area contributed by atoms with E-state index >= 15 is 0 Å². The Bertz CT molecular complexity index is 1250. The van der Waals surface area contributed by atoms with E-state index in [2.05, 4.69) is 4.98 Å². The SMILES string of the molecule is COc1ccc2c(c1)c1ncccc1n2Cc1ccc(C(F)(F)P(=O)(O)O)cc1. The molecule has 0 saturated carbocycles. The van der Waals surface area contributed by atoms with Crippen molar-refractivity contribution in [2.45, 2.75) is 12.2 Å². The molecule has 0 bridgehead atoms. The predicted molar refractivity (Wildman–Crippen MR) is 105 cm³/mol. The Hall–Kier alpha value is -2.80. The number of halogens is 2. The van der Waals surface area contributed by atoms with Crippen LogP contribution in [0.25, 0.3) is 21.9 Å². The van der Waals surface area contributed by atoms with Crippen LogP contribution in [0.15, 0.2) is 60.8 Å². The Morgan fingerprint density at radius 3 is 2.48 bits per heavy atom. The largest absolute Gasteiger partial charge is 0.497 e. The molecule has 0 unspecified atom stereocenters. The maximum Gasteiger partial charge on any atom is 0.399 e. The molecule has 0 atom stereocenters. The second-order valence-corrected chi connectivity index (χ2v) is 8.27. The second kappa shape index (κ2) is 6.91. The standard InChI is InChI=1S/C20H17F2N2O4P/c1-28-15-8-9-17-16(11-15)19-18(3-2-10-23-19)24(17)12-13-4-6-14(7-5-13)20(21,22)29(25,26)27/h2-11H,12H2,1H3,(H2,25,26,27). The molecule has 2 N–H and O–H groups in total. The number of benzene rings is 2. The fourth-order valence-electron chi connectivity index (χ4n) is 3.35. The Labute approximate surface area is 164 Å². The number of hydrogen-bond donors (Lipinski definition) is 2. The molecule has 0 spiro atoms. The van der Waals surface area contributed by atoms with Crippen LogP contribution in [0.5, 0.6) is 5.75 Å². The van der Waals surface area contributed by atoms with Crippen LogP contribution in [0.1, 0.15) is 11.1 Å².